The average Bonchev–Trinajstić information content (AvgIpc) is 2.75. The highest BCUT2D eigenvalue weighted by Crippen LogP contribution is 2.36. The third kappa shape index (κ3) is 2.11. The van der Waals surface area contributed by atoms with Crippen molar-refractivity contribution in [2.75, 3.05) is 6.54 Å². The molecular formula is C12H16ClNO. The minimum Gasteiger partial charge on any atom is -0.506 e. The van der Waals surface area contributed by atoms with Crippen LogP contribution in [0.5, 0.6) is 5.75 Å². The quantitative estimate of drug-likeness (QED) is 0.811. The lowest BCUT2D eigenvalue weighted by atomic mass is 10.0. The number of rotatable bonds is 2. The number of benzene rings is 1. The van der Waals surface area contributed by atoms with Crippen LogP contribution in [-0.4, -0.2) is 11.7 Å². The first-order valence-electron chi connectivity index (χ1n) is 5.47. The molecule has 1 aliphatic rings. The number of hydrogen-bond acceptors (Lipinski definition) is 2. The van der Waals surface area contributed by atoms with Crippen molar-refractivity contribution in [3.05, 3.63) is 28.3 Å². The minimum atomic E-state index is 0.244. The number of phenolic OH excluding ortho intramolecular Hbond substituents is 1. The van der Waals surface area contributed by atoms with Crippen LogP contribution in [0.3, 0.4) is 0 Å². The zero-order valence-electron chi connectivity index (χ0n) is 8.89. The van der Waals surface area contributed by atoms with Crippen LogP contribution < -0.4 is 5.32 Å². The van der Waals surface area contributed by atoms with Crippen molar-refractivity contribution in [2.45, 2.75) is 32.2 Å². The molecule has 0 amide bonds. The predicted octanol–water partition coefficient (Wildman–Crippen LogP) is 3.03. The fraction of sp³-hybridized carbons (Fsp3) is 0.500. The molecule has 15 heavy (non-hydrogen) atoms. The lowest BCUT2D eigenvalue weighted by Crippen LogP contribution is -2.13. The van der Waals surface area contributed by atoms with E-state index in [4.69, 9.17) is 11.6 Å². The maximum absolute atomic E-state index is 9.91. The fourth-order valence-electron chi connectivity index (χ4n) is 2.10. The summed E-state index contributed by atoms with van der Waals surface area (Å²) < 4.78 is 0. The zero-order valence-corrected chi connectivity index (χ0v) is 9.64. The molecule has 1 aliphatic heterocycles. The monoisotopic (exact) mass is 225 g/mol. The molecule has 1 aromatic carbocycles. The van der Waals surface area contributed by atoms with Gasteiger partial charge in [-0.05, 0) is 37.4 Å². The van der Waals surface area contributed by atoms with Gasteiger partial charge in [-0.1, -0.05) is 24.6 Å². The van der Waals surface area contributed by atoms with Gasteiger partial charge in [0.1, 0.15) is 5.75 Å². The van der Waals surface area contributed by atoms with Gasteiger partial charge in [-0.2, -0.15) is 0 Å². The van der Waals surface area contributed by atoms with E-state index in [1.165, 1.54) is 5.56 Å². The Labute approximate surface area is 95.3 Å². The van der Waals surface area contributed by atoms with Crippen LogP contribution in [-0.2, 0) is 6.42 Å². The molecule has 82 valence electrons. The van der Waals surface area contributed by atoms with E-state index in [0.717, 1.165) is 31.4 Å². The first-order chi connectivity index (χ1) is 7.22. The van der Waals surface area contributed by atoms with E-state index in [9.17, 15) is 5.11 Å². The SMILES string of the molecule is CCc1cc(Cl)c(O)c(C2CCCN2)c1. The van der Waals surface area contributed by atoms with Gasteiger partial charge >= 0.3 is 0 Å². The molecule has 0 saturated carbocycles. The molecule has 1 unspecified atom stereocenters. The number of aromatic hydroxyl groups is 1. The van der Waals surface area contributed by atoms with Gasteiger partial charge < -0.3 is 10.4 Å². The van der Waals surface area contributed by atoms with E-state index >= 15 is 0 Å². The second-order valence-electron chi connectivity index (χ2n) is 4.02. The summed E-state index contributed by atoms with van der Waals surface area (Å²) in [5.41, 5.74) is 2.14. The molecule has 2 N–H and O–H groups in total. The third-order valence-electron chi connectivity index (χ3n) is 3.00. The number of nitrogens with one attached hydrogen (secondary N) is 1. The van der Waals surface area contributed by atoms with Gasteiger partial charge in [-0.3, -0.25) is 0 Å². The van der Waals surface area contributed by atoms with Gasteiger partial charge in [0, 0.05) is 11.6 Å². The van der Waals surface area contributed by atoms with Crippen molar-refractivity contribution < 1.29 is 5.11 Å². The van der Waals surface area contributed by atoms with Gasteiger partial charge in [0.05, 0.1) is 5.02 Å². The summed E-state index contributed by atoms with van der Waals surface area (Å²) in [6.07, 6.45) is 3.19. The summed E-state index contributed by atoms with van der Waals surface area (Å²) in [7, 11) is 0. The second kappa shape index (κ2) is 4.42. The molecule has 3 heteroatoms. The molecule has 1 heterocycles. The maximum Gasteiger partial charge on any atom is 0.138 e. The molecule has 0 spiro atoms. The Morgan fingerprint density at radius 3 is 2.93 bits per heavy atom. The summed E-state index contributed by atoms with van der Waals surface area (Å²) in [4.78, 5) is 0. The van der Waals surface area contributed by atoms with Crippen LogP contribution >= 0.6 is 11.6 Å². The second-order valence-corrected chi connectivity index (χ2v) is 4.43. The molecule has 0 aliphatic carbocycles. The summed E-state index contributed by atoms with van der Waals surface area (Å²) in [5.74, 6) is 0.244. The largest absolute Gasteiger partial charge is 0.506 e. The fourth-order valence-corrected chi connectivity index (χ4v) is 2.35. The third-order valence-corrected chi connectivity index (χ3v) is 3.28. The van der Waals surface area contributed by atoms with Gasteiger partial charge in [0.25, 0.3) is 0 Å². The standard InChI is InChI=1S/C12H16ClNO/c1-2-8-6-9(11-4-3-5-14-11)12(15)10(13)7-8/h6-7,11,14-15H,2-5H2,1H3. The van der Waals surface area contributed by atoms with Gasteiger partial charge in [-0.15, -0.1) is 0 Å². The highest BCUT2D eigenvalue weighted by atomic mass is 35.5. The van der Waals surface area contributed by atoms with Crippen LogP contribution in [0.25, 0.3) is 0 Å². The van der Waals surface area contributed by atoms with Crippen LogP contribution in [0.15, 0.2) is 12.1 Å². The number of aryl methyl sites for hydroxylation is 1. The smallest absolute Gasteiger partial charge is 0.138 e. The highest BCUT2D eigenvalue weighted by molar-refractivity contribution is 6.32. The summed E-state index contributed by atoms with van der Waals surface area (Å²) in [5, 5.41) is 13.8. The van der Waals surface area contributed by atoms with E-state index < -0.39 is 0 Å². The summed E-state index contributed by atoms with van der Waals surface area (Å²) in [6.45, 7) is 3.12. The molecule has 1 atom stereocenters. The molecular weight excluding hydrogens is 210 g/mol. The first-order valence-corrected chi connectivity index (χ1v) is 5.85. The normalized spacial score (nSPS) is 20.8. The summed E-state index contributed by atoms with van der Waals surface area (Å²) >= 11 is 6.00. The van der Waals surface area contributed by atoms with E-state index in [1.54, 1.807) is 0 Å². The van der Waals surface area contributed by atoms with Crippen molar-refractivity contribution >= 4 is 11.6 Å². The Hall–Kier alpha value is -0.730. The maximum atomic E-state index is 9.91. The van der Waals surface area contributed by atoms with Crippen LogP contribution in [0.4, 0.5) is 0 Å². The lowest BCUT2D eigenvalue weighted by molar-refractivity contribution is 0.457. The van der Waals surface area contributed by atoms with E-state index in [-0.39, 0.29) is 11.8 Å². The van der Waals surface area contributed by atoms with Gasteiger partial charge in [0.15, 0.2) is 0 Å². The van der Waals surface area contributed by atoms with E-state index in [1.807, 2.05) is 6.07 Å². The molecule has 0 radical (unpaired) electrons. The van der Waals surface area contributed by atoms with Gasteiger partial charge in [-0.25, -0.2) is 0 Å². The highest BCUT2D eigenvalue weighted by Gasteiger charge is 2.21. The lowest BCUT2D eigenvalue weighted by Gasteiger charge is -2.15. The van der Waals surface area contributed by atoms with Crippen LogP contribution in [0.2, 0.25) is 5.02 Å². The van der Waals surface area contributed by atoms with Crippen LogP contribution in [0.1, 0.15) is 36.9 Å². The number of halogens is 1. The predicted molar refractivity (Wildman–Crippen MR) is 62.5 cm³/mol. The Morgan fingerprint density at radius 1 is 1.53 bits per heavy atom. The molecule has 2 nitrogen and oxygen atoms in total. The molecule has 2 rings (SSSR count). The molecule has 1 fully saturated rings. The van der Waals surface area contributed by atoms with Crippen LogP contribution in [0, 0.1) is 0 Å². The van der Waals surface area contributed by atoms with Crippen molar-refractivity contribution in [1.29, 1.82) is 0 Å². The topological polar surface area (TPSA) is 32.3 Å². The van der Waals surface area contributed by atoms with Gasteiger partial charge in [0.2, 0.25) is 0 Å². The van der Waals surface area contributed by atoms with Crippen molar-refractivity contribution in [2.24, 2.45) is 0 Å². The van der Waals surface area contributed by atoms with Crippen molar-refractivity contribution in [1.82, 2.24) is 5.32 Å². The first kappa shape index (κ1) is 10.8. The molecule has 1 saturated heterocycles. The van der Waals surface area contributed by atoms with Crippen molar-refractivity contribution in [3.8, 4) is 5.75 Å². The van der Waals surface area contributed by atoms with Crippen molar-refractivity contribution in [3.63, 3.8) is 0 Å². The van der Waals surface area contributed by atoms with E-state index in [2.05, 4.69) is 18.3 Å². The average molecular weight is 226 g/mol. The molecule has 1 aromatic rings. The Balaban J connectivity index is 2.39. The molecule has 0 aromatic heterocycles. The minimum absolute atomic E-state index is 0.244. The Kier molecular flexibility index (Phi) is 3.17. The summed E-state index contributed by atoms with van der Waals surface area (Å²) in [6, 6.07) is 4.17. The number of phenols is 1. The number of hydrogen-bond donors (Lipinski definition) is 2. The Morgan fingerprint density at radius 2 is 2.33 bits per heavy atom. The zero-order chi connectivity index (χ0) is 10.8. The van der Waals surface area contributed by atoms with E-state index in [0.29, 0.717) is 5.02 Å². The molecule has 0 bridgehead atoms. The Bertz CT molecular complexity index is 359.